The molecule has 0 spiro atoms. The number of methoxy groups -OCH3 is 1. The number of ether oxygens (including phenoxy) is 2. The fraction of sp³-hybridized carbons (Fsp3) is 0.258. The molecule has 196 valence electrons. The van der Waals surface area contributed by atoms with Crippen LogP contribution in [0.2, 0.25) is 0 Å². The van der Waals surface area contributed by atoms with Crippen molar-refractivity contribution in [3.05, 3.63) is 126 Å². The number of imidazole rings is 1. The number of hydrogen-bond acceptors (Lipinski definition) is 5. The van der Waals surface area contributed by atoms with E-state index in [1.807, 2.05) is 60.8 Å². The van der Waals surface area contributed by atoms with Crippen LogP contribution in [0.4, 0.5) is 4.79 Å². The molecule has 0 bridgehead atoms. The molecule has 1 aromatic heterocycles. The predicted molar refractivity (Wildman–Crippen MR) is 146 cm³/mol. The summed E-state index contributed by atoms with van der Waals surface area (Å²) in [4.78, 5) is 29.7. The van der Waals surface area contributed by atoms with Gasteiger partial charge in [-0.05, 0) is 37.5 Å². The molecule has 1 atom stereocenters. The van der Waals surface area contributed by atoms with Gasteiger partial charge in [0, 0.05) is 12.6 Å². The Hall–Kier alpha value is -4.39. The molecule has 0 aliphatic heterocycles. The van der Waals surface area contributed by atoms with Crippen molar-refractivity contribution in [1.29, 1.82) is 0 Å². The number of hydrogen-bond donors (Lipinski definition) is 1. The average molecular weight is 512 g/mol. The van der Waals surface area contributed by atoms with Crippen molar-refractivity contribution in [3.63, 3.8) is 0 Å². The summed E-state index contributed by atoms with van der Waals surface area (Å²) in [5.74, 6) is -0.578. The van der Waals surface area contributed by atoms with Gasteiger partial charge in [0.1, 0.15) is 17.2 Å². The highest BCUT2D eigenvalue weighted by Crippen LogP contribution is 2.40. The van der Waals surface area contributed by atoms with Gasteiger partial charge in [0.25, 0.3) is 0 Å². The van der Waals surface area contributed by atoms with E-state index >= 15 is 0 Å². The predicted octanol–water partition coefficient (Wildman–Crippen LogP) is 5.33. The zero-order valence-corrected chi connectivity index (χ0v) is 22.1. The number of carbonyl (C=O) groups is 2. The third kappa shape index (κ3) is 5.78. The molecule has 0 aliphatic carbocycles. The number of amides is 1. The molecule has 0 aliphatic rings. The summed E-state index contributed by atoms with van der Waals surface area (Å²) in [6, 6.07) is 29.7. The molecule has 1 heterocycles. The van der Waals surface area contributed by atoms with Crippen LogP contribution in [0.5, 0.6) is 0 Å². The van der Waals surface area contributed by atoms with Crippen LogP contribution >= 0.6 is 0 Å². The number of rotatable bonds is 8. The van der Waals surface area contributed by atoms with E-state index in [4.69, 9.17) is 9.47 Å². The van der Waals surface area contributed by atoms with E-state index in [1.165, 1.54) is 7.11 Å². The molecular formula is C31H33N3O4. The highest BCUT2D eigenvalue weighted by molar-refractivity contribution is 5.81. The number of nitrogens with one attached hydrogen (secondary N) is 1. The van der Waals surface area contributed by atoms with Gasteiger partial charge in [-0.2, -0.15) is 0 Å². The minimum Gasteiger partial charge on any atom is -0.467 e. The SMILES string of the molecule is COC(=O)C(Cc1cn(C(c2ccccc2)(c2ccccc2)c2ccccc2)cn1)NC(=O)OC(C)(C)C. The average Bonchev–Trinajstić information content (AvgIpc) is 3.38. The minimum absolute atomic E-state index is 0.132. The van der Waals surface area contributed by atoms with E-state index in [1.54, 1.807) is 27.1 Å². The maximum atomic E-state index is 12.6. The Morgan fingerprint density at radius 1 is 0.842 bits per heavy atom. The number of carbonyl (C=O) groups excluding carboxylic acids is 2. The Bertz CT molecular complexity index is 1250. The fourth-order valence-corrected chi connectivity index (χ4v) is 4.63. The van der Waals surface area contributed by atoms with Gasteiger partial charge in [-0.3, -0.25) is 0 Å². The Kier molecular flexibility index (Phi) is 7.96. The van der Waals surface area contributed by atoms with Gasteiger partial charge in [-0.1, -0.05) is 91.0 Å². The van der Waals surface area contributed by atoms with E-state index in [9.17, 15) is 9.59 Å². The second kappa shape index (κ2) is 11.3. The van der Waals surface area contributed by atoms with E-state index in [-0.39, 0.29) is 6.42 Å². The molecule has 1 amide bonds. The van der Waals surface area contributed by atoms with Crippen LogP contribution in [0.3, 0.4) is 0 Å². The lowest BCUT2D eigenvalue weighted by Crippen LogP contribution is -2.45. The summed E-state index contributed by atoms with van der Waals surface area (Å²) < 4.78 is 12.4. The molecule has 7 nitrogen and oxygen atoms in total. The van der Waals surface area contributed by atoms with E-state index in [0.29, 0.717) is 5.69 Å². The van der Waals surface area contributed by atoms with Gasteiger partial charge < -0.3 is 19.4 Å². The van der Waals surface area contributed by atoms with Crippen LogP contribution in [-0.4, -0.2) is 40.4 Å². The third-order valence-corrected chi connectivity index (χ3v) is 6.19. The maximum absolute atomic E-state index is 12.6. The molecule has 4 aromatic rings. The summed E-state index contributed by atoms with van der Waals surface area (Å²) in [7, 11) is 1.29. The zero-order chi connectivity index (χ0) is 27.2. The summed E-state index contributed by atoms with van der Waals surface area (Å²) in [5.41, 5.74) is 2.35. The second-order valence-corrected chi connectivity index (χ2v) is 10.0. The summed E-state index contributed by atoms with van der Waals surface area (Å²) in [6.45, 7) is 5.28. The van der Waals surface area contributed by atoms with Crippen LogP contribution in [0.15, 0.2) is 104 Å². The molecule has 38 heavy (non-hydrogen) atoms. The molecule has 3 aromatic carbocycles. The van der Waals surface area contributed by atoms with Gasteiger partial charge in [0.05, 0.1) is 19.1 Å². The largest absolute Gasteiger partial charge is 0.467 e. The number of alkyl carbamates (subject to hydrolysis) is 1. The molecule has 0 radical (unpaired) electrons. The Morgan fingerprint density at radius 3 is 1.74 bits per heavy atom. The van der Waals surface area contributed by atoms with Crippen molar-refractivity contribution in [3.8, 4) is 0 Å². The van der Waals surface area contributed by atoms with E-state index in [0.717, 1.165) is 16.7 Å². The van der Waals surface area contributed by atoms with Gasteiger partial charge in [-0.15, -0.1) is 0 Å². The van der Waals surface area contributed by atoms with Crippen LogP contribution in [0.25, 0.3) is 0 Å². The maximum Gasteiger partial charge on any atom is 0.408 e. The van der Waals surface area contributed by atoms with Crippen LogP contribution in [-0.2, 0) is 26.2 Å². The number of esters is 1. The summed E-state index contributed by atoms with van der Waals surface area (Å²) in [5, 5.41) is 2.63. The van der Waals surface area contributed by atoms with Gasteiger partial charge in [0.2, 0.25) is 0 Å². The molecule has 4 rings (SSSR count). The lowest BCUT2D eigenvalue weighted by Gasteiger charge is -2.37. The van der Waals surface area contributed by atoms with Crippen LogP contribution in [0.1, 0.15) is 43.2 Å². The van der Waals surface area contributed by atoms with Crippen molar-refractivity contribution in [2.45, 2.75) is 44.4 Å². The molecule has 0 saturated carbocycles. The first kappa shape index (κ1) is 26.7. The van der Waals surface area contributed by atoms with Gasteiger partial charge in [0.15, 0.2) is 0 Å². The highest BCUT2D eigenvalue weighted by Gasteiger charge is 2.38. The molecule has 0 saturated heterocycles. The standard InChI is InChI=1S/C31H33N3O4/c1-30(2,3)38-29(36)33-27(28(35)37-4)20-26-21-34(22-32-26)31(23-14-8-5-9-15-23,24-16-10-6-11-17-24)25-18-12-7-13-19-25/h5-19,21-22,27H,20H2,1-4H3,(H,33,36). The summed E-state index contributed by atoms with van der Waals surface area (Å²) >= 11 is 0. The highest BCUT2D eigenvalue weighted by atomic mass is 16.6. The quantitative estimate of drug-likeness (QED) is 0.255. The Morgan fingerprint density at radius 2 is 1.32 bits per heavy atom. The monoisotopic (exact) mass is 511 g/mol. The van der Waals surface area contributed by atoms with E-state index < -0.39 is 29.2 Å². The van der Waals surface area contributed by atoms with Crippen LogP contribution < -0.4 is 5.32 Å². The minimum atomic E-state index is -0.960. The first-order valence-corrected chi connectivity index (χ1v) is 12.5. The number of benzene rings is 3. The third-order valence-electron chi connectivity index (χ3n) is 6.19. The van der Waals surface area contributed by atoms with Gasteiger partial charge in [-0.25, -0.2) is 14.6 Å². The van der Waals surface area contributed by atoms with Crippen molar-refractivity contribution >= 4 is 12.1 Å². The molecule has 1 N–H and O–H groups in total. The second-order valence-electron chi connectivity index (χ2n) is 10.0. The number of aromatic nitrogens is 2. The lowest BCUT2D eigenvalue weighted by atomic mass is 9.77. The first-order chi connectivity index (χ1) is 18.2. The number of nitrogens with zero attached hydrogens (tertiary/aromatic N) is 2. The van der Waals surface area contributed by atoms with Gasteiger partial charge >= 0.3 is 12.1 Å². The first-order valence-electron chi connectivity index (χ1n) is 12.5. The molecular weight excluding hydrogens is 478 g/mol. The summed E-state index contributed by atoms with van der Waals surface area (Å²) in [6.07, 6.45) is 3.12. The van der Waals surface area contributed by atoms with Crippen molar-refractivity contribution in [1.82, 2.24) is 14.9 Å². The molecule has 7 heteroatoms. The normalized spacial score (nSPS) is 12.4. The fourth-order valence-electron chi connectivity index (χ4n) is 4.63. The van der Waals surface area contributed by atoms with E-state index in [2.05, 4.69) is 51.3 Å². The molecule has 1 unspecified atom stereocenters. The van der Waals surface area contributed by atoms with Crippen molar-refractivity contribution < 1.29 is 19.1 Å². The van der Waals surface area contributed by atoms with Crippen molar-refractivity contribution in [2.75, 3.05) is 7.11 Å². The zero-order valence-electron chi connectivity index (χ0n) is 22.1. The smallest absolute Gasteiger partial charge is 0.408 e. The van der Waals surface area contributed by atoms with Crippen molar-refractivity contribution in [2.24, 2.45) is 0 Å². The van der Waals surface area contributed by atoms with Crippen LogP contribution in [0, 0.1) is 0 Å². The topological polar surface area (TPSA) is 82.5 Å². The molecule has 0 fully saturated rings. The Balaban J connectivity index is 1.79. The lowest BCUT2D eigenvalue weighted by molar-refractivity contribution is -0.143. The Labute approximate surface area is 223 Å².